The molecule has 1 aliphatic rings. The summed E-state index contributed by atoms with van der Waals surface area (Å²) in [5, 5.41) is 0. The second-order valence-corrected chi connectivity index (χ2v) is 6.13. The topological polar surface area (TPSA) is 0 Å². The first kappa shape index (κ1) is 16.5. The predicted molar refractivity (Wildman–Crippen MR) is 87.4 cm³/mol. The number of allylic oxidation sites excluding steroid dienone is 4. The lowest BCUT2D eigenvalue weighted by atomic mass is 9.92. The highest BCUT2D eigenvalue weighted by Gasteiger charge is 2.23. The summed E-state index contributed by atoms with van der Waals surface area (Å²) in [7, 11) is 0. The lowest BCUT2D eigenvalue weighted by Gasteiger charge is -2.14. The molecule has 0 radical (unpaired) electrons. The molecule has 2 atom stereocenters. The fraction of sp³-hybridized carbons (Fsp3) is 0.789. The summed E-state index contributed by atoms with van der Waals surface area (Å²) in [4.78, 5) is 0. The van der Waals surface area contributed by atoms with Crippen molar-refractivity contribution in [3.8, 4) is 0 Å². The summed E-state index contributed by atoms with van der Waals surface area (Å²) in [6.07, 6.45) is 24.8. The van der Waals surface area contributed by atoms with Crippen LogP contribution < -0.4 is 0 Å². The van der Waals surface area contributed by atoms with Crippen LogP contribution in [0.5, 0.6) is 0 Å². The van der Waals surface area contributed by atoms with E-state index >= 15 is 0 Å². The van der Waals surface area contributed by atoms with Gasteiger partial charge < -0.3 is 0 Å². The van der Waals surface area contributed by atoms with E-state index in [1.54, 1.807) is 0 Å². The van der Waals surface area contributed by atoms with Crippen molar-refractivity contribution in [2.24, 2.45) is 11.8 Å². The first-order valence-electron chi connectivity index (χ1n) is 8.70. The fourth-order valence-corrected chi connectivity index (χ4v) is 3.11. The predicted octanol–water partition coefficient (Wildman–Crippen LogP) is 6.68. The highest BCUT2D eigenvalue weighted by atomic mass is 14.3. The molecule has 0 aromatic rings. The van der Waals surface area contributed by atoms with Crippen LogP contribution in [0.2, 0.25) is 0 Å². The molecular weight excluding hydrogens is 228 g/mol. The van der Waals surface area contributed by atoms with Gasteiger partial charge in [0.05, 0.1) is 0 Å². The van der Waals surface area contributed by atoms with Gasteiger partial charge >= 0.3 is 0 Å². The molecule has 1 fully saturated rings. The monoisotopic (exact) mass is 262 g/mol. The molecule has 110 valence electrons. The Morgan fingerprint density at radius 3 is 2.42 bits per heavy atom. The minimum absolute atomic E-state index is 0.873. The van der Waals surface area contributed by atoms with Crippen LogP contribution >= 0.6 is 0 Å². The van der Waals surface area contributed by atoms with Crippen molar-refractivity contribution in [1.82, 2.24) is 0 Å². The first-order valence-corrected chi connectivity index (χ1v) is 8.70. The molecule has 19 heavy (non-hydrogen) atoms. The van der Waals surface area contributed by atoms with Crippen molar-refractivity contribution in [2.75, 3.05) is 0 Å². The summed E-state index contributed by atoms with van der Waals surface area (Å²) in [5.74, 6) is 1.80. The zero-order valence-corrected chi connectivity index (χ0v) is 13.2. The molecule has 0 nitrogen and oxygen atoms in total. The smallest absolute Gasteiger partial charge is 0.0202 e. The van der Waals surface area contributed by atoms with Gasteiger partial charge in [-0.2, -0.15) is 0 Å². The van der Waals surface area contributed by atoms with E-state index in [4.69, 9.17) is 0 Å². The van der Waals surface area contributed by atoms with E-state index in [0.29, 0.717) is 0 Å². The molecule has 0 aromatic heterocycles. The number of hydrogen-bond donors (Lipinski definition) is 0. The molecular formula is C19H34. The van der Waals surface area contributed by atoms with E-state index in [2.05, 4.69) is 38.2 Å². The molecule has 1 rings (SSSR count). The lowest BCUT2D eigenvalue weighted by molar-refractivity contribution is 0.462. The van der Waals surface area contributed by atoms with Crippen molar-refractivity contribution in [1.29, 1.82) is 0 Å². The molecule has 0 aliphatic heterocycles. The summed E-state index contributed by atoms with van der Waals surface area (Å²) in [5.41, 5.74) is 0. The van der Waals surface area contributed by atoms with Crippen LogP contribution in [0, 0.1) is 11.8 Å². The summed E-state index contributed by atoms with van der Waals surface area (Å²) >= 11 is 0. The highest BCUT2D eigenvalue weighted by Crippen LogP contribution is 2.35. The fourth-order valence-electron chi connectivity index (χ4n) is 3.11. The normalized spacial score (nSPS) is 23.9. The molecule has 0 N–H and O–H groups in total. The molecule has 0 heterocycles. The highest BCUT2D eigenvalue weighted by molar-refractivity contribution is 4.97. The van der Waals surface area contributed by atoms with Crippen molar-refractivity contribution < 1.29 is 0 Å². The van der Waals surface area contributed by atoms with Crippen LogP contribution in [0.25, 0.3) is 0 Å². The molecule has 1 saturated carbocycles. The van der Waals surface area contributed by atoms with Gasteiger partial charge in [-0.25, -0.2) is 0 Å². The third kappa shape index (κ3) is 7.60. The maximum Gasteiger partial charge on any atom is -0.0202 e. The summed E-state index contributed by atoms with van der Waals surface area (Å²) < 4.78 is 0. The third-order valence-electron chi connectivity index (χ3n) is 4.41. The Kier molecular flexibility index (Phi) is 9.85. The lowest BCUT2D eigenvalue weighted by Crippen LogP contribution is -2.03. The Morgan fingerprint density at radius 1 is 0.842 bits per heavy atom. The quantitative estimate of drug-likeness (QED) is 0.304. The summed E-state index contributed by atoms with van der Waals surface area (Å²) in [6.45, 7) is 4.55. The maximum absolute atomic E-state index is 2.53. The SMILES string of the molecule is CCCCC=CC[C@H]1CCC[C@@H]1C=CCCCCC. The van der Waals surface area contributed by atoms with Crippen LogP contribution in [-0.4, -0.2) is 0 Å². The maximum atomic E-state index is 2.53. The second-order valence-electron chi connectivity index (χ2n) is 6.13. The van der Waals surface area contributed by atoms with Gasteiger partial charge in [-0.1, -0.05) is 70.3 Å². The van der Waals surface area contributed by atoms with Gasteiger partial charge in [-0.05, 0) is 50.4 Å². The molecule has 0 unspecified atom stereocenters. The van der Waals surface area contributed by atoms with Crippen molar-refractivity contribution in [2.45, 2.75) is 84.5 Å². The van der Waals surface area contributed by atoms with Crippen LogP contribution in [0.15, 0.2) is 24.3 Å². The largest absolute Gasteiger partial charge is 0.0885 e. The molecule has 0 bridgehead atoms. The van der Waals surface area contributed by atoms with Gasteiger partial charge in [0.15, 0.2) is 0 Å². The molecule has 0 amide bonds. The van der Waals surface area contributed by atoms with E-state index in [-0.39, 0.29) is 0 Å². The number of unbranched alkanes of at least 4 members (excludes halogenated alkanes) is 5. The minimum Gasteiger partial charge on any atom is -0.0885 e. The average molecular weight is 262 g/mol. The van der Waals surface area contributed by atoms with Crippen molar-refractivity contribution in [3.05, 3.63) is 24.3 Å². The zero-order chi connectivity index (χ0) is 13.8. The van der Waals surface area contributed by atoms with Gasteiger partial charge in [0.1, 0.15) is 0 Å². The molecule has 0 aromatic carbocycles. The van der Waals surface area contributed by atoms with E-state index in [0.717, 1.165) is 11.8 Å². The molecule has 0 heteroatoms. The third-order valence-corrected chi connectivity index (χ3v) is 4.41. The van der Waals surface area contributed by atoms with E-state index < -0.39 is 0 Å². The Bertz CT molecular complexity index is 249. The van der Waals surface area contributed by atoms with E-state index in [1.165, 1.54) is 70.6 Å². The molecule has 0 saturated heterocycles. The molecule has 0 spiro atoms. The summed E-state index contributed by atoms with van der Waals surface area (Å²) in [6, 6.07) is 0. The van der Waals surface area contributed by atoms with Gasteiger partial charge in [-0.3, -0.25) is 0 Å². The minimum atomic E-state index is 0.873. The van der Waals surface area contributed by atoms with Gasteiger partial charge in [0, 0.05) is 0 Å². The Morgan fingerprint density at radius 2 is 1.63 bits per heavy atom. The van der Waals surface area contributed by atoms with Crippen LogP contribution in [0.1, 0.15) is 84.5 Å². The van der Waals surface area contributed by atoms with Gasteiger partial charge in [0.25, 0.3) is 0 Å². The zero-order valence-electron chi connectivity index (χ0n) is 13.2. The first-order chi connectivity index (χ1) is 9.38. The van der Waals surface area contributed by atoms with E-state index in [9.17, 15) is 0 Å². The Labute approximate surface area is 121 Å². The molecule has 1 aliphatic carbocycles. The van der Waals surface area contributed by atoms with Crippen LogP contribution in [0.4, 0.5) is 0 Å². The second kappa shape index (κ2) is 11.3. The number of hydrogen-bond acceptors (Lipinski definition) is 0. The van der Waals surface area contributed by atoms with Crippen LogP contribution in [0.3, 0.4) is 0 Å². The Balaban J connectivity index is 2.19. The Hall–Kier alpha value is -0.520. The standard InChI is InChI=1S/C19H34/c1-3-5-7-9-11-14-18-16-13-17-19(18)15-12-10-8-6-4-2/h9,11-12,15,18-19H,3-8,10,13-14,16-17H2,1-2H3/t18-,19-/m0/s1. The average Bonchev–Trinajstić information content (AvgIpc) is 2.86. The van der Waals surface area contributed by atoms with Gasteiger partial charge in [-0.15, -0.1) is 0 Å². The van der Waals surface area contributed by atoms with E-state index in [1.807, 2.05) is 0 Å². The van der Waals surface area contributed by atoms with Crippen molar-refractivity contribution in [3.63, 3.8) is 0 Å². The number of rotatable bonds is 10. The van der Waals surface area contributed by atoms with Gasteiger partial charge in [0.2, 0.25) is 0 Å². The van der Waals surface area contributed by atoms with Crippen molar-refractivity contribution >= 4 is 0 Å². The van der Waals surface area contributed by atoms with Crippen LogP contribution in [-0.2, 0) is 0 Å².